The lowest BCUT2D eigenvalue weighted by atomic mass is 9.78. The first-order valence-corrected chi connectivity index (χ1v) is 8.59. The number of halogens is 1. The fourth-order valence-corrected chi connectivity index (χ4v) is 5.26. The molecule has 2 heterocycles. The molecule has 0 radical (unpaired) electrons. The molecule has 1 saturated heterocycles. The molecule has 1 aliphatic carbocycles. The molecule has 3 rings (SSSR count). The van der Waals surface area contributed by atoms with Crippen LogP contribution < -0.4 is 5.73 Å². The summed E-state index contributed by atoms with van der Waals surface area (Å²) in [7, 11) is -1.68. The van der Waals surface area contributed by atoms with E-state index in [1.807, 2.05) is 0 Å². The first kappa shape index (κ1) is 16.7. The molecule has 1 aromatic rings. The molecule has 6 nitrogen and oxygen atoms in total. The van der Waals surface area contributed by atoms with Crippen LogP contribution in [0.5, 0.6) is 0 Å². The van der Waals surface area contributed by atoms with Gasteiger partial charge in [0.15, 0.2) is 0 Å². The van der Waals surface area contributed by atoms with Gasteiger partial charge in [-0.1, -0.05) is 6.42 Å². The Kier molecular flexibility index (Phi) is 4.68. The largest absolute Gasteiger partial charge is 0.327 e. The van der Waals surface area contributed by atoms with Crippen LogP contribution in [-0.4, -0.2) is 41.6 Å². The third-order valence-corrected chi connectivity index (χ3v) is 6.86. The summed E-state index contributed by atoms with van der Waals surface area (Å²) < 4.78 is 28.7. The minimum absolute atomic E-state index is 0. The molecule has 0 spiro atoms. The summed E-state index contributed by atoms with van der Waals surface area (Å²) in [6, 6.07) is 0.143. The Morgan fingerprint density at radius 3 is 2.62 bits per heavy atom. The van der Waals surface area contributed by atoms with Crippen LogP contribution in [0, 0.1) is 18.8 Å². The second-order valence-corrected chi connectivity index (χ2v) is 7.96. The number of aromatic nitrogens is 2. The second-order valence-electron chi connectivity index (χ2n) is 6.06. The van der Waals surface area contributed by atoms with Crippen molar-refractivity contribution in [1.82, 2.24) is 14.1 Å². The zero-order valence-corrected chi connectivity index (χ0v) is 14.0. The zero-order chi connectivity index (χ0) is 14.5. The minimum Gasteiger partial charge on any atom is -0.327 e. The quantitative estimate of drug-likeness (QED) is 0.871. The molecule has 0 amide bonds. The molecule has 2 fully saturated rings. The van der Waals surface area contributed by atoms with E-state index < -0.39 is 10.0 Å². The Balaban J connectivity index is 0.00000161. The van der Waals surface area contributed by atoms with Crippen molar-refractivity contribution in [3.05, 3.63) is 11.9 Å². The van der Waals surface area contributed by atoms with Crippen molar-refractivity contribution in [2.75, 3.05) is 13.1 Å². The summed E-state index contributed by atoms with van der Waals surface area (Å²) in [4.78, 5) is 0.326. The van der Waals surface area contributed by atoms with Gasteiger partial charge in [-0.15, -0.1) is 12.4 Å². The maximum atomic E-state index is 12.8. The summed E-state index contributed by atoms with van der Waals surface area (Å²) in [6.45, 7) is 2.95. The van der Waals surface area contributed by atoms with Crippen LogP contribution in [0.2, 0.25) is 0 Å². The number of sulfonamides is 1. The molecule has 1 aromatic heterocycles. The number of hydrogen-bond acceptors (Lipinski definition) is 4. The number of aryl methyl sites for hydroxylation is 1. The van der Waals surface area contributed by atoms with Gasteiger partial charge in [0, 0.05) is 26.2 Å². The van der Waals surface area contributed by atoms with Gasteiger partial charge >= 0.3 is 0 Å². The molecule has 3 atom stereocenters. The van der Waals surface area contributed by atoms with Crippen molar-refractivity contribution in [2.45, 2.75) is 37.1 Å². The first-order chi connectivity index (χ1) is 9.41. The number of nitrogens with zero attached hydrogens (tertiary/aromatic N) is 3. The number of nitrogens with two attached hydrogens (primary N) is 1. The Morgan fingerprint density at radius 2 is 2.05 bits per heavy atom. The Morgan fingerprint density at radius 1 is 1.33 bits per heavy atom. The predicted molar refractivity (Wildman–Crippen MR) is 82.8 cm³/mol. The zero-order valence-electron chi connectivity index (χ0n) is 12.4. The third kappa shape index (κ3) is 2.72. The molecule has 0 bridgehead atoms. The Bertz CT molecular complexity index is 616. The maximum Gasteiger partial charge on any atom is 0.246 e. The van der Waals surface area contributed by atoms with Crippen LogP contribution in [0.25, 0.3) is 0 Å². The van der Waals surface area contributed by atoms with Crippen molar-refractivity contribution < 1.29 is 8.42 Å². The van der Waals surface area contributed by atoms with Crippen molar-refractivity contribution in [2.24, 2.45) is 24.6 Å². The van der Waals surface area contributed by atoms with E-state index in [1.165, 1.54) is 6.20 Å². The molecule has 1 aliphatic heterocycles. The van der Waals surface area contributed by atoms with Crippen LogP contribution in [0.15, 0.2) is 11.1 Å². The van der Waals surface area contributed by atoms with Gasteiger partial charge in [-0.3, -0.25) is 4.68 Å². The summed E-state index contributed by atoms with van der Waals surface area (Å²) in [5.41, 5.74) is 6.84. The SMILES string of the molecule is Cc1c(S(=O)(=O)N2CC3CCCC(N)C3C2)cnn1C.Cl. The van der Waals surface area contributed by atoms with Crippen LogP contribution in [0.3, 0.4) is 0 Å². The van der Waals surface area contributed by atoms with Gasteiger partial charge in [-0.2, -0.15) is 9.40 Å². The molecule has 21 heavy (non-hydrogen) atoms. The lowest BCUT2D eigenvalue weighted by Gasteiger charge is -2.29. The number of fused-ring (bicyclic) bond motifs is 1. The Labute approximate surface area is 132 Å². The summed E-state index contributed by atoms with van der Waals surface area (Å²) in [6.07, 6.45) is 4.67. The van der Waals surface area contributed by atoms with E-state index in [2.05, 4.69) is 5.10 Å². The molecule has 2 N–H and O–H groups in total. The normalized spacial score (nSPS) is 30.0. The van der Waals surface area contributed by atoms with Crippen LogP contribution in [-0.2, 0) is 17.1 Å². The standard InChI is InChI=1S/C13H22N4O2S.ClH/c1-9-13(6-15-16(9)2)20(18,19)17-7-10-4-3-5-12(14)11(10)8-17;/h6,10-12H,3-5,7-8,14H2,1-2H3;1H. The van der Waals surface area contributed by atoms with Gasteiger partial charge in [-0.05, 0) is 31.6 Å². The maximum absolute atomic E-state index is 12.8. The van der Waals surface area contributed by atoms with Crippen molar-refractivity contribution in [3.8, 4) is 0 Å². The molecule has 120 valence electrons. The lowest BCUT2D eigenvalue weighted by Crippen LogP contribution is -2.38. The smallest absolute Gasteiger partial charge is 0.246 e. The van der Waals surface area contributed by atoms with Gasteiger partial charge < -0.3 is 5.73 Å². The van der Waals surface area contributed by atoms with E-state index in [0.29, 0.717) is 35.5 Å². The van der Waals surface area contributed by atoms with Crippen LogP contribution in [0.1, 0.15) is 25.0 Å². The number of hydrogen-bond donors (Lipinski definition) is 1. The van der Waals surface area contributed by atoms with Gasteiger partial charge in [-0.25, -0.2) is 8.42 Å². The predicted octanol–water partition coefficient (Wildman–Crippen LogP) is 0.898. The average molecular weight is 335 g/mol. The topological polar surface area (TPSA) is 81.2 Å². The molecule has 2 aliphatic rings. The highest BCUT2D eigenvalue weighted by Gasteiger charge is 2.43. The Hall–Kier alpha value is -0.630. The molecular weight excluding hydrogens is 312 g/mol. The van der Waals surface area contributed by atoms with E-state index >= 15 is 0 Å². The van der Waals surface area contributed by atoms with Crippen LogP contribution >= 0.6 is 12.4 Å². The van der Waals surface area contributed by atoms with E-state index in [-0.39, 0.29) is 18.4 Å². The molecule has 0 aromatic carbocycles. The summed E-state index contributed by atoms with van der Waals surface area (Å²) >= 11 is 0. The van der Waals surface area contributed by atoms with E-state index in [1.54, 1.807) is 23.0 Å². The van der Waals surface area contributed by atoms with Crippen LogP contribution in [0.4, 0.5) is 0 Å². The minimum atomic E-state index is -3.44. The molecule has 1 saturated carbocycles. The monoisotopic (exact) mass is 334 g/mol. The summed E-state index contributed by atoms with van der Waals surface area (Å²) in [5, 5.41) is 4.05. The highest BCUT2D eigenvalue weighted by molar-refractivity contribution is 7.89. The summed E-state index contributed by atoms with van der Waals surface area (Å²) in [5.74, 6) is 0.737. The fraction of sp³-hybridized carbons (Fsp3) is 0.769. The highest BCUT2D eigenvalue weighted by atomic mass is 35.5. The van der Waals surface area contributed by atoms with Crippen molar-refractivity contribution >= 4 is 22.4 Å². The molecular formula is C13H23ClN4O2S. The van der Waals surface area contributed by atoms with Gasteiger partial charge in [0.1, 0.15) is 4.90 Å². The van der Waals surface area contributed by atoms with E-state index in [9.17, 15) is 8.42 Å². The number of rotatable bonds is 2. The third-order valence-electron chi connectivity index (χ3n) is 4.93. The van der Waals surface area contributed by atoms with E-state index in [0.717, 1.165) is 19.3 Å². The average Bonchev–Trinajstić information content (AvgIpc) is 2.96. The molecule has 3 unspecified atom stereocenters. The lowest BCUT2D eigenvalue weighted by molar-refractivity contribution is 0.260. The molecule has 8 heteroatoms. The highest BCUT2D eigenvalue weighted by Crippen LogP contribution is 2.38. The van der Waals surface area contributed by atoms with Gasteiger partial charge in [0.05, 0.1) is 11.9 Å². The fourth-order valence-electron chi connectivity index (χ4n) is 3.54. The second kappa shape index (κ2) is 5.87. The first-order valence-electron chi connectivity index (χ1n) is 7.15. The van der Waals surface area contributed by atoms with Crippen molar-refractivity contribution in [3.63, 3.8) is 0 Å². The van der Waals surface area contributed by atoms with Gasteiger partial charge in [0.2, 0.25) is 10.0 Å². The van der Waals surface area contributed by atoms with Gasteiger partial charge in [0.25, 0.3) is 0 Å². The van der Waals surface area contributed by atoms with E-state index in [4.69, 9.17) is 5.73 Å². The van der Waals surface area contributed by atoms with Crippen molar-refractivity contribution in [1.29, 1.82) is 0 Å².